The molecule has 14 nitrogen and oxygen atoms in total. The minimum Gasteiger partial charge on any atom is -0.477 e. The molecule has 2 rings (SSSR count). The summed E-state index contributed by atoms with van der Waals surface area (Å²) in [5.41, 5.74) is 0. The Hall–Kier alpha value is -1.46. The van der Waals surface area contributed by atoms with Crippen LogP contribution in [-0.2, 0) is 28.5 Å². The number of carboxylic acid groups (broad SMARTS) is 2. The molecule has 0 aliphatic carbocycles. The number of rotatable bonds is 12. The van der Waals surface area contributed by atoms with Gasteiger partial charge in [-0.25, -0.2) is 9.59 Å². The van der Waals surface area contributed by atoms with Crippen molar-refractivity contribution in [1.29, 1.82) is 0 Å². The SMILES string of the molecule is [2H]CC(O)C(O)C1OC(OCC(C)C)(C(=O)O)CC(O)C1C.[2H]CC(O)C(O)C1OC(OCC(C)C)(C(=O)O)CC(O)C1C. The molecule has 2 aliphatic heterocycles. The van der Waals surface area contributed by atoms with E-state index in [0.29, 0.717) is 0 Å². The van der Waals surface area contributed by atoms with Crippen molar-refractivity contribution in [2.24, 2.45) is 23.7 Å². The van der Waals surface area contributed by atoms with Gasteiger partial charge in [0.2, 0.25) is 0 Å². The van der Waals surface area contributed by atoms with Crippen LogP contribution in [0.15, 0.2) is 0 Å². The van der Waals surface area contributed by atoms with Crippen molar-refractivity contribution in [2.45, 2.75) is 129 Å². The summed E-state index contributed by atoms with van der Waals surface area (Å²) in [6, 6.07) is 0. The Morgan fingerprint density at radius 3 is 1.31 bits per heavy atom. The molecule has 42 heavy (non-hydrogen) atoms. The number of aliphatic hydroxyl groups is 6. The van der Waals surface area contributed by atoms with Crippen LogP contribution in [0.5, 0.6) is 0 Å². The zero-order chi connectivity index (χ0) is 34.2. The van der Waals surface area contributed by atoms with Gasteiger partial charge in [-0.1, -0.05) is 41.5 Å². The largest absolute Gasteiger partial charge is 0.477 e. The first-order chi connectivity index (χ1) is 20.3. The lowest BCUT2D eigenvalue weighted by molar-refractivity contribution is -0.318. The predicted molar refractivity (Wildman–Crippen MR) is 147 cm³/mol. The van der Waals surface area contributed by atoms with E-state index in [1.807, 2.05) is 27.7 Å². The normalized spacial score (nSPS) is 37.1. The van der Waals surface area contributed by atoms with Crippen molar-refractivity contribution in [3.05, 3.63) is 0 Å². The van der Waals surface area contributed by atoms with Gasteiger partial charge in [0.25, 0.3) is 11.6 Å². The molecule has 2 saturated heterocycles. The van der Waals surface area contributed by atoms with E-state index in [9.17, 15) is 50.4 Å². The molecule has 12 atom stereocenters. The zero-order valence-corrected chi connectivity index (χ0v) is 25.2. The fourth-order valence-electron chi connectivity index (χ4n) is 4.50. The lowest BCUT2D eigenvalue weighted by Gasteiger charge is -2.45. The standard InChI is InChI=1S/2C14H26O7/c2*1-7(2)6-20-14(13(18)19)5-10(16)8(3)12(21-14)11(17)9(4)15/h2*7-12,15-17H,5-6H2,1-4H3,(H,18,19)/i2*4D. The molecule has 2 aliphatic rings. The number of hydrogen-bond acceptors (Lipinski definition) is 12. The van der Waals surface area contributed by atoms with E-state index in [-0.39, 0.29) is 37.9 Å². The summed E-state index contributed by atoms with van der Waals surface area (Å²) in [6.45, 7) is 9.83. The third-order valence-electron chi connectivity index (χ3n) is 7.27. The van der Waals surface area contributed by atoms with E-state index in [0.717, 1.165) is 0 Å². The Morgan fingerprint density at radius 2 is 1.07 bits per heavy atom. The molecule has 248 valence electrons. The number of ether oxygens (including phenoxy) is 4. The molecule has 2 fully saturated rings. The predicted octanol–water partition coefficient (Wildman–Crippen LogP) is -0.0650. The van der Waals surface area contributed by atoms with Gasteiger partial charge in [-0.05, 0) is 25.6 Å². The molecular weight excluding hydrogens is 560 g/mol. The van der Waals surface area contributed by atoms with Gasteiger partial charge in [-0.2, -0.15) is 0 Å². The molecule has 0 spiro atoms. The molecule has 0 radical (unpaired) electrons. The summed E-state index contributed by atoms with van der Waals surface area (Å²) < 4.78 is 36.0. The van der Waals surface area contributed by atoms with Crippen LogP contribution in [0.3, 0.4) is 0 Å². The number of aliphatic carboxylic acids is 2. The van der Waals surface area contributed by atoms with Gasteiger partial charge in [-0.3, -0.25) is 0 Å². The number of carbonyl (C=O) groups is 2. The number of aliphatic hydroxyl groups excluding tert-OH is 6. The Balaban J connectivity index is 0.000000440. The molecule has 0 aromatic carbocycles. The third-order valence-corrected chi connectivity index (χ3v) is 7.27. The Morgan fingerprint density at radius 1 is 0.762 bits per heavy atom. The van der Waals surface area contributed by atoms with Gasteiger partial charge < -0.3 is 59.8 Å². The first-order valence-electron chi connectivity index (χ1n) is 15.5. The van der Waals surface area contributed by atoms with Crippen LogP contribution in [0, 0.1) is 23.7 Å². The van der Waals surface area contributed by atoms with E-state index >= 15 is 0 Å². The van der Waals surface area contributed by atoms with E-state index in [2.05, 4.69) is 0 Å². The van der Waals surface area contributed by atoms with Gasteiger partial charge in [0.1, 0.15) is 12.2 Å². The smallest absolute Gasteiger partial charge is 0.364 e. The molecule has 0 aromatic rings. The minimum absolute atomic E-state index is 0.0542. The van der Waals surface area contributed by atoms with Crippen LogP contribution >= 0.6 is 0 Å². The lowest BCUT2D eigenvalue weighted by Crippen LogP contribution is -2.60. The van der Waals surface area contributed by atoms with Crippen molar-refractivity contribution in [1.82, 2.24) is 0 Å². The van der Waals surface area contributed by atoms with Crippen LogP contribution in [0.1, 0.15) is 70.9 Å². The maximum Gasteiger partial charge on any atom is 0.364 e. The number of hydrogen-bond donors (Lipinski definition) is 8. The summed E-state index contributed by atoms with van der Waals surface area (Å²) in [6.07, 6.45) is -10.7. The average molecular weight is 615 g/mol. The molecule has 0 aromatic heterocycles. The van der Waals surface area contributed by atoms with Gasteiger partial charge >= 0.3 is 11.9 Å². The van der Waals surface area contributed by atoms with E-state index in [4.69, 9.17) is 21.7 Å². The van der Waals surface area contributed by atoms with Crippen LogP contribution in [0.25, 0.3) is 0 Å². The molecule has 0 saturated carbocycles. The Labute approximate surface area is 250 Å². The van der Waals surface area contributed by atoms with Crippen molar-refractivity contribution in [3.63, 3.8) is 0 Å². The van der Waals surface area contributed by atoms with Crippen LogP contribution < -0.4 is 0 Å². The molecule has 8 N–H and O–H groups in total. The second-order valence-electron chi connectivity index (χ2n) is 12.1. The molecule has 12 unspecified atom stereocenters. The molecular formula is C28H52O14. The third kappa shape index (κ3) is 9.78. The topological polar surface area (TPSA) is 233 Å². The maximum absolute atomic E-state index is 11.6. The highest BCUT2D eigenvalue weighted by molar-refractivity contribution is 5.76. The molecule has 0 bridgehead atoms. The van der Waals surface area contributed by atoms with Crippen molar-refractivity contribution >= 4 is 11.9 Å². The van der Waals surface area contributed by atoms with Gasteiger partial charge in [0.05, 0.1) is 49.8 Å². The summed E-state index contributed by atoms with van der Waals surface area (Å²) in [4.78, 5) is 23.2. The second-order valence-corrected chi connectivity index (χ2v) is 12.1. The Kier molecular flexibility index (Phi) is 13.4. The molecule has 2 heterocycles. The highest BCUT2D eigenvalue weighted by Crippen LogP contribution is 2.38. The zero-order valence-electron chi connectivity index (χ0n) is 27.2. The fourth-order valence-corrected chi connectivity index (χ4v) is 4.50. The van der Waals surface area contributed by atoms with Crippen molar-refractivity contribution in [3.8, 4) is 0 Å². The van der Waals surface area contributed by atoms with E-state index in [1.54, 1.807) is 13.8 Å². The highest BCUT2D eigenvalue weighted by atomic mass is 16.7. The van der Waals surface area contributed by atoms with Crippen LogP contribution in [0.4, 0.5) is 0 Å². The van der Waals surface area contributed by atoms with Gasteiger partial charge in [-0.15, -0.1) is 0 Å². The van der Waals surface area contributed by atoms with Crippen molar-refractivity contribution in [2.75, 3.05) is 13.2 Å². The van der Waals surface area contributed by atoms with E-state index in [1.165, 1.54) is 0 Å². The molecule has 0 amide bonds. The first kappa shape index (κ1) is 35.0. The lowest BCUT2D eigenvalue weighted by atomic mass is 9.85. The summed E-state index contributed by atoms with van der Waals surface area (Å²) in [5.74, 6) is -8.02. The summed E-state index contributed by atoms with van der Waals surface area (Å²) in [5, 5.41) is 78.6. The first-order valence-corrected chi connectivity index (χ1v) is 14.1. The van der Waals surface area contributed by atoms with Gasteiger partial charge in [0.15, 0.2) is 0 Å². The highest BCUT2D eigenvalue weighted by Gasteiger charge is 2.55. The van der Waals surface area contributed by atoms with Crippen LogP contribution in [-0.4, -0.2) is 126 Å². The monoisotopic (exact) mass is 614 g/mol. The van der Waals surface area contributed by atoms with E-state index < -0.39 is 98.0 Å². The molecule has 14 heteroatoms. The fraction of sp³-hybridized carbons (Fsp3) is 0.929. The summed E-state index contributed by atoms with van der Waals surface area (Å²) >= 11 is 0. The Bertz CT molecular complexity index is 826. The van der Waals surface area contributed by atoms with Crippen molar-refractivity contribution < 1.29 is 72.1 Å². The minimum atomic E-state index is -2.07. The number of carboxylic acids is 2. The van der Waals surface area contributed by atoms with Gasteiger partial charge in [0, 0.05) is 27.4 Å². The average Bonchev–Trinajstić information content (AvgIpc) is 2.96. The van der Waals surface area contributed by atoms with Crippen LogP contribution in [0.2, 0.25) is 0 Å². The second kappa shape index (κ2) is 16.0. The summed E-state index contributed by atoms with van der Waals surface area (Å²) in [7, 11) is 0. The quantitative estimate of drug-likeness (QED) is 0.144. The maximum atomic E-state index is 11.6.